The maximum atomic E-state index is 14.5. The molecule has 1 amide bonds. The second-order valence-electron chi connectivity index (χ2n) is 6.71. The molecule has 6 N–H and O–H groups in total. The zero-order chi connectivity index (χ0) is 19.6. The lowest BCUT2D eigenvalue weighted by atomic mass is 9.91. The van der Waals surface area contributed by atoms with Crippen LogP contribution in [0.4, 0.5) is 26.1 Å². The van der Waals surface area contributed by atoms with Gasteiger partial charge in [-0.15, -0.1) is 0 Å². The number of rotatable bonds is 5. The predicted octanol–water partition coefficient (Wildman–Crippen LogP) is 2.59. The van der Waals surface area contributed by atoms with Gasteiger partial charge in [0.15, 0.2) is 17.5 Å². The van der Waals surface area contributed by atoms with Gasteiger partial charge in [-0.2, -0.15) is 0 Å². The van der Waals surface area contributed by atoms with Gasteiger partial charge in [-0.25, -0.2) is 13.8 Å². The van der Waals surface area contributed by atoms with Crippen molar-refractivity contribution in [2.24, 2.45) is 11.5 Å². The molecule has 2 aromatic heterocycles. The molecular weight excluding hydrogens is 354 g/mol. The number of amides is 1. The van der Waals surface area contributed by atoms with E-state index in [1.165, 1.54) is 6.07 Å². The summed E-state index contributed by atoms with van der Waals surface area (Å²) < 4.78 is 28.5. The van der Waals surface area contributed by atoms with Crippen LogP contribution in [0, 0.1) is 18.6 Å². The maximum absolute atomic E-state index is 14.5. The number of halogens is 2. The molecule has 0 spiro atoms. The molecule has 2 heterocycles. The Kier molecular flexibility index (Phi) is 5.50. The zero-order valence-electron chi connectivity index (χ0n) is 14.9. The Labute approximate surface area is 155 Å². The van der Waals surface area contributed by atoms with Crippen LogP contribution in [0.15, 0.2) is 18.3 Å². The molecule has 0 radical (unpaired) electrons. The number of hydrogen-bond acceptors (Lipinski definition) is 6. The van der Waals surface area contributed by atoms with Gasteiger partial charge in [0.05, 0.1) is 17.4 Å². The maximum Gasteiger partial charge on any atom is 0.252 e. The van der Waals surface area contributed by atoms with Crippen LogP contribution in [0.2, 0.25) is 0 Å². The molecule has 0 bridgehead atoms. The fraction of sp³-hybridized carbons (Fsp3) is 0.389. The molecule has 0 aliphatic heterocycles. The molecule has 0 aromatic carbocycles. The summed E-state index contributed by atoms with van der Waals surface area (Å²) in [5, 5.41) is 5.72. The van der Waals surface area contributed by atoms with Gasteiger partial charge in [0, 0.05) is 17.8 Å². The summed E-state index contributed by atoms with van der Waals surface area (Å²) >= 11 is 0. The summed E-state index contributed by atoms with van der Waals surface area (Å²) in [6.07, 6.45) is 4.69. The molecule has 9 heteroatoms. The van der Waals surface area contributed by atoms with Crippen molar-refractivity contribution in [3.05, 3.63) is 41.2 Å². The topological polar surface area (TPSA) is 119 Å². The van der Waals surface area contributed by atoms with Crippen molar-refractivity contribution in [1.29, 1.82) is 0 Å². The van der Waals surface area contributed by atoms with E-state index in [1.54, 1.807) is 6.92 Å². The fourth-order valence-electron chi connectivity index (χ4n) is 3.15. The van der Waals surface area contributed by atoms with Crippen molar-refractivity contribution in [1.82, 2.24) is 9.97 Å². The van der Waals surface area contributed by atoms with Crippen LogP contribution in [0.5, 0.6) is 0 Å². The van der Waals surface area contributed by atoms with Crippen LogP contribution in [-0.4, -0.2) is 28.0 Å². The average Bonchev–Trinajstić information content (AvgIpc) is 2.62. The lowest BCUT2D eigenvalue weighted by Gasteiger charge is -2.30. The Bertz CT molecular complexity index is 860. The minimum atomic E-state index is -0.879. The van der Waals surface area contributed by atoms with E-state index >= 15 is 0 Å². The number of primary amides is 1. The molecular formula is C18H22F2N6O. The van der Waals surface area contributed by atoms with Crippen LogP contribution in [0.3, 0.4) is 0 Å². The summed E-state index contributed by atoms with van der Waals surface area (Å²) in [6, 6.07) is 2.19. The number of nitrogens with zero attached hydrogens (tertiary/aromatic N) is 2. The van der Waals surface area contributed by atoms with Gasteiger partial charge < -0.3 is 22.1 Å². The third-order valence-corrected chi connectivity index (χ3v) is 4.63. The largest absolute Gasteiger partial charge is 0.365 e. The SMILES string of the molecule is Cc1cc(Nc2nc(N[C@@H]3CCCC[C@@H]3N)c(F)cc2C(N)=O)c(F)cn1. The van der Waals surface area contributed by atoms with E-state index in [9.17, 15) is 13.6 Å². The van der Waals surface area contributed by atoms with Gasteiger partial charge >= 0.3 is 0 Å². The highest BCUT2D eigenvalue weighted by Crippen LogP contribution is 2.27. The molecule has 27 heavy (non-hydrogen) atoms. The number of carbonyl (C=O) groups is 1. The normalized spacial score (nSPS) is 19.6. The summed E-state index contributed by atoms with van der Waals surface area (Å²) in [7, 11) is 0. The standard InChI is InChI=1S/C18H22F2N6O/c1-9-6-15(12(20)8-23-9)25-17-10(16(22)27)7-11(19)18(26-17)24-14-5-3-2-4-13(14)21/h6-8,13-14H,2-5,21H2,1H3,(H2,22,27)(H2,23,24,25,26)/t13-,14+/m0/s1. The first-order valence-corrected chi connectivity index (χ1v) is 8.76. The smallest absolute Gasteiger partial charge is 0.252 e. The first kappa shape index (κ1) is 19.0. The van der Waals surface area contributed by atoms with Crippen molar-refractivity contribution in [2.75, 3.05) is 10.6 Å². The van der Waals surface area contributed by atoms with Crippen LogP contribution in [0.25, 0.3) is 0 Å². The van der Waals surface area contributed by atoms with E-state index in [2.05, 4.69) is 20.6 Å². The quantitative estimate of drug-likeness (QED) is 0.637. The highest BCUT2D eigenvalue weighted by atomic mass is 19.1. The number of nitrogens with one attached hydrogen (secondary N) is 2. The molecule has 3 rings (SSSR count). The van der Waals surface area contributed by atoms with Gasteiger partial charge in [-0.05, 0) is 31.9 Å². The van der Waals surface area contributed by atoms with Gasteiger partial charge in [0.25, 0.3) is 5.91 Å². The number of carbonyl (C=O) groups excluding carboxylic acids is 1. The third kappa shape index (κ3) is 4.30. The van der Waals surface area contributed by atoms with E-state index in [-0.39, 0.29) is 35.0 Å². The number of aryl methyl sites for hydroxylation is 1. The van der Waals surface area contributed by atoms with Crippen molar-refractivity contribution < 1.29 is 13.6 Å². The summed E-state index contributed by atoms with van der Waals surface area (Å²) in [5.74, 6) is -2.34. The van der Waals surface area contributed by atoms with Crippen LogP contribution >= 0.6 is 0 Å². The predicted molar refractivity (Wildman–Crippen MR) is 98.8 cm³/mol. The molecule has 1 saturated carbocycles. The summed E-state index contributed by atoms with van der Waals surface area (Å²) in [4.78, 5) is 19.7. The molecule has 1 aliphatic carbocycles. The monoisotopic (exact) mass is 376 g/mol. The number of anilines is 3. The Hall–Kier alpha value is -2.81. The fourth-order valence-corrected chi connectivity index (χ4v) is 3.15. The molecule has 7 nitrogen and oxygen atoms in total. The van der Waals surface area contributed by atoms with Gasteiger partial charge in [-0.1, -0.05) is 12.8 Å². The number of hydrogen-bond donors (Lipinski definition) is 4. The molecule has 1 aliphatic rings. The lowest BCUT2D eigenvalue weighted by Crippen LogP contribution is -2.43. The van der Waals surface area contributed by atoms with E-state index < -0.39 is 17.5 Å². The van der Waals surface area contributed by atoms with Crippen LogP contribution in [0.1, 0.15) is 41.7 Å². The van der Waals surface area contributed by atoms with E-state index in [4.69, 9.17) is 11.5 Å². The summed E-state index contributed by atoms with van der Waals surface area (Å²) in [6.45, 7) is 1.69. The highest BCUT2D eigenvalue weighted by Gasteiger charge is 2.24. The molecule has 144 valence electrons. The van der Waals surface area contributed by atoms with Crippen molar-refractivity contribution >= 4 is 23.2 Å². The first-order valence-electron chi connectivity index (χ1n) is 8.76. The van der Waals surface area contributed by atoms with Gasteiger partial charge in [-0.3, -0.25) is 9.78 Å². The van der Waals surface area contributed by atoms with Gasteiger partial charge in [0.1, 0.15) is 5.82 Å². The van der Waals surface area contributed by atoms with E-state index in [1.807, 2.05) is 0 Å². The Morgan fingerprint density at radius 1 is 1.19 bits per heavy atom. The molecule has 0 unspecified atom stereocenters. The third-order valence-electron chi connectivity index (χ3n) is 4.63. The molecule has 1 fully saturated rings. The summed E-state index contributed by atoms with van der Waals surface area (Å²) in [5.41, 5.74) is 11.9. The zero-order valence-corrected chi connectivity index (χ0v) is 14.9. The van der Waals surface area contributed by atoms with Crippen LogP contribution in [-0.2, 0) is 0 Å². The minimum Gasteiger partial charge on any atom is -0.365 e. The highest BCUT2D eigenvalue weighted by molar-refractivity contribution is 5.98. The average molecular weight is 376 g/mol. The number of nitrogens with two attached hydrogens (primary N) is 2. The Morgan fingerprint density at radius 3 is 2.63 bits per heavy atom. The first-order chi connectivity index (χ1) is 12.8. The molecule has 2 atom stereocenters. The Morgan fingerprint density at radius 2 is 1.93 bits per heavy atom. The molecule has 0 saturated heterocycles. The Balaban J connectivity index is 1.95. The van der Waals surface area contributed by atoms with Crippen molar-refractivity contribution in [3.8, 4) is 0 Å². The van der Waals surface area contributed by atoms with Crippen LogP contribution < -0.4 is 22.1 Å². The number of aromatic nitrogens is 2. The molecule has 2 aromatic rings. The number of pyridine rings is 2. The van der Waals surface area contributed by atoms with E-state index in [0.717, 1.165) is 37.9 Å². The van der Waals surface area contributed by atoms with E-state index in [0.29, 0.717) is 5.69 Å². The van der Waals surface area contributed by atoms with Crippen molar-refractivity contribution in [3.63, 3.8) is 0 Å². The second-order valence-corrected chi connectivity index (χ2v) is 6.71. The lowest BCUT2D eigenvalue weighted by molar-refractivity contribution is 0.100. The second kappa shape index (κ2) is 7.83. The van der Waals surface area contributed by atoms with Gasteiger partial charge in [0.2, 0.25) is 0 Å². The van der Waals surface area contributed by atoms with Crippen molar-refractivity contribution in [2.45, 2.75) is 44.7 Å². The minimum absolute atomic E-state index is 0.0414.